The van der Waals surface area contributed by atoms with Crippen LogP contribution in [0.2, 0.25) is 0 Å². The van der Waals surface area contributed by atoms with Crippen LogP contribution >= 0.6 is 0 Å². The number of carbonyl (C=O) groups excluding carboxylic acids is 1. The molecule has 0 bridgehead atoms. The molecule has 56 valence electrons. The molecule has 2 aliphatic rings. The fourth-order valence-electron chi connectivity index (χ4n) is 2.14. The molecule has 2 aliphatic carbocycles. The zero-order valence-corrected chi connectivity index (χ0v) is 5.92. The molecule has 1 N–H and O–H groups in total. The van der Waals surface area contributed by atoms with E-state index in [-0.39, 0.29) is 6.10 Å². The van der Waals surface area contributed by atoms with E-state index >= 15 is 0 Å². The van der Waals surface area contributed by atoms with Crippen LogP contribution in [0.25, 0.3) is 0 Å². The van der Waals surface area contributed by atoms with Crippen LogP contribution in [0.5, 0.6) is 0 Å². The van der Waals surface area contributed by atoms with Crippen LogP contribution in [0.3, 0.4) is 0 Å². The van der Waals surface area contributed by atoms with Gasteiger partial charge in [-0.25, -0.2) is 0 Å². The highest BCUT2D eigenvalue weighted by Gasteiger charge is 2.42. The first-order chi connectivity index (χ1) is 4.77. The first-order valence-corrected chi connectivity index (χ1v) is 3.98. The van der Waals surface area contributed by atoms with Crippen LogP contribution in [0, 0.1) is 11.8 Å². The molecule has 0 amide bonds. The van der Waals surface area contributed by atoms with Crippen molar-refractivity contribution in [2.45, 2.75) is 31.8 Å². The summed E-state index contributed by atoms with van der Waals surface area (Å²) >= 11 is 0. The van der Waals surface area contributed by atoms with E-state index in [1.807, 2.05) is 0 Å². The molecule has 2 rings (SSSR count). The second kappa shape index (κ2) is 2.06. The number of hydrogen-bond acceptors (Lipinski definition) is 2. The van der Waals surface area contributed by atoms with Gasteiger partial charge in [0.25, 0.3) is 0 Å². The van der Waals surface area contributed by atoms with Gasteiger partial charge in [0, 0.05) is 12.3 Å². The van der Waals surface area contributed by atoms with E-state index in [9.17, 15) is 9.90 Å². The maximum Gasteiger partial charge on any atom is 0.136 e. The highest BCUT2D eigenvalue weighted by molar-refractivity contribution is 5.87. The van der Waals surface area contributed by atoms with Crippen molar-refractivity contribution in [1.29, 1.82) is 0 Å². The number of ketones is 1. The molecule has 0 saturated heterocycles. The third-order valence-corrected chi connectivity index (χ3v) is 2.83. The molecule has 2 heteroatoms. The van der Waals surface area contributed by atoms with Crippen LogP contribution < -0.4 is 0 Å². The summed E-state index contributed by atoms with van der Waals surface area (Å²) in [6.07, 6.45) is 3.27. The molecule has 3 unspecified atom stereocenters. The van der Waals surface area contributed by atoms with Gasteiger partial charge in [-0.3, -0.25) is 4.79 Å². The van der Waals surface area contributed by atoms with E-state index in [1.54, 1.807) is 0 Å². The van der Waals surface area contributed by atoms with Crippen molar-refractivity contribution in [2.75, 3.05) is 0 Å². The Morgan fingerprint density at radius 2 is 2.20 bits per heavy atom. The van der Waals surface area contributed by atoms with Gasteiger partial charge in [-0.05, 0) is 25.2 Å². The van der Waals surface area contributed by atoms with Crippen molar-refractivity contribution in [2.24, 2.45) is 11.8 Å². The predicted octanol–water partition coefficient (Wildman–Crippen LogP) is 0.736. The van der Waals surface area contributed by atoms with Gasteiger partial charge in [-0.2, -0.15) is 0 Å². The van der Waals surface area contributed by atoms with Crippen molar-refractivity contribution in [3.05, 3.63) is 0 Å². The molecule has 3 atom stereocenters. The molecule has 2 fully saturated rings. The lowest BCUT2D eigenvalue weighted by Gasteiger charge is -2.40. The van der Waals surface area contributed by atoms with Crippen molar-refractivity contribution in [3.8, 4) is 0 Å². The molecule has 0 aromatic rings. The first kappa shape index (κ1) is 6.35. The smallest absolute Gasteiger partial charge is 0.136 e. The van der Waals surface area contributed by atoms with Gasteiger partial charge in [-0.15, -0.1) is 0 Å². The number of carbonyl (C=O) groups is 1. The maximum atomic E-state index is 10.9. The molecule has 0 heterocycles. The minimum absolute atomic E-state index is 0.116. The van der Waals surface area contributed by atoms with Gasteiger partial charge in [-0.1, -0.05) is 0 Å². The van der Waals surface area contributed by atoms with E-state index in [0.29, 0.717) is 17.6 Å². The van der Waals surface area contributed by atoms with Gasteiger partial charge in [0.05, 0.1) is 6.10 Å². The van der Waals surface area contributed by atoms with Crippen molar-refractivity contribution < 1.29 is 9.90 Å². The highest BCUT2D eigenvalue weighted by atomic mass is 16.3. The molecule has 0 aromatic carbocycles. The third-order valence-electron chi connectivity index (χ3n) is 2.83. The van der Waals surface area contributed by atoms with Crippen LogP contribution in [-0.2, 0) is 4.79 Å². The molecular weight excluding hydrogens is 128 g/mol. The largest absolute Gasteiger partial charge is 0.393 e. The van der Waals surface area contributed by atoms with Crippen LogP contribution in [0.4, 0.5) is 0 Å². The minimum atomic E-state index is -0.116. The molecule has 2 nitrogen and oxygen atoms in total. The quantitative estimate of drug-likeness (QED) is 0.538. The summed E-state index contributed by atoms with van der Waals surface area (Å²) in [5.74, 6) is 1.30. The molecule has 0 aromatic heterocycles. The van der Waals surface area contributed by atoms with Crippen LogP contribution in [0.1, 0.15) is 25.7 Å². The average molecular weight is 140 g/mol. The van der Waals surface area contributed by atoms with Gasteiger partial charge in [0.1, 0.15) is 5.78 Å². The lowest BCUT2D eigenvalue weighted by molar-refractivity contribution is -0.138. The van der Waals surface area contributed by atoms with Gasteiger partial charge in [0.15, 0.2) is 0 Å². The van der Waals surface area contributed by atoms with E-state index in [0.717, 1.165) is 25.7 Å². The summed E-state index contributed by atoms with van der Waals surface area (Å²) < 4.78 is 0. The van der Waals surface area contributed by atoms with Gasteiger partial charge < -0.3 is 5.11 Å². The van der Waals surface area contributed by atoms with E-state index in [4.69, 9.17) is 0 Å². The van der Waals surface area contributed by atoms with Crippen LogP contribution in [0.15, 0.2) is 0 Å². The molecule has 0 spiro atoms. The lowest BCUT2D eigenvalue weighted by atomic mass is 9.64. The fraction of sp³-hybridized carbons (Fsp3) is 0.875. The predicted molar refractivity (Wildman–Crippen MR) is 36.5 cm³/mol. The Labute approximate surface area is 60.2 Å². The number of fused-ring (bicyclic) bond motifs is 1. The van der Waals surface area contributed by atoms with E-state index in [1.165, 1.54) is 0 Å². The number of Topliss-reactive ketones (excluding diaryl/α,β-unsaturated/α-hetero) is 1. The van der Waals surface area contributed by atoms with Gasteiger partial charge >= 0.3 is 0 Å². The molecule has 0 aliphatic heterocycles. The number of rotatable bonds is 0. The topological polar surface area (TPSA) is 37.3 Å². The number of aliphatic hydroxyl groups excluding tert-OH is 1. The summed E-state index contributed by atoms with van der Waals surface area (Å²) in [7, 11) is 0. The first-order valence-electron chi connectivity index (χ1n) is 3.98. The molecule has 2 saturated carbocycles. The SMILES string of the molecule is O=C1CC2CC(O)CCC12. The Balaban J connectivity index is 1.99. The summed E-state index contributed by atoms with van der Waals surface area (Å²) in [5.41, 5.74) is 0. The third kappa shape index (κ3) is 0.788. The van der Waals surface area contributed by atoms with Crippen molar-refractivity contribution >= 4 is 5.78 Å². The van der Waals surface area contributed by atoms with E-state index < -0.39 is 0 Å². The van der Waals surface area contributed by atoms with Crippen LogP contribution in [-0.4, -0.2) is 17.0 Å². The van der Waals surface area contributed by atoms with Gasteiger partial charge in [0.2, 0.25) is 0 Å². The fourth-order valence-corrected chi connectivity index (χ4v) is 2.14. The van der Waals surface area contributed by atoms with E-state index in [2.05, 4.69) is 0 Å². The number of aliphatic hydroxyl groups is 1. The zero-order chi connectivity index (χ0) is 7.14. The highest BCUT2D eigenvalue weighted by Crippen LogP contribution is 2.41. The zero-order valence-electron chi connectivity index (χ0n) is 5.92. The lowest BCUT2D eigenvalue weighted by Crippen LogP contribution is -2.42. The molecule has 0 radical (unpaired) electrons. The monoisotopic (exact) mass is 140 g/mol. The minimum Gasteiger partial charge on any atom is -0.393 e. The van der Waals surface area contributed by atoms with Crippen molar-refractivity contribution in [1.82, 2.24) is 0 Å². The normalized spacial score (nSPS) is 46.1. The Kier molecular flexibility index (Phi) is 1.31. The van der Waals surface area contributed by atoms with Crippen molar-refractivity contribution in [3.63, 3.8) is 0 Å². The number of hydrogen-bond donors (Lipinski definition) is 1. The Bertz CT molecular complexity index is 165. The summed E-state index contributed by atoms with van der Waals surface area (Å²) in [6.45, 7) is 0. The molecule has 10 heavy (non-hydrogen) atoms. The maximum absolute atomic E-state index is 10.9. The summed E-state index contributed by atoms with van der Waals surface area (Å²) in [6, 6.07) is 0. The second-order valence-corrected chi connectivity index (χ2v) is 3.50. The Hall–Kier alpha value is -0.370. The molecular formula is C8H12O2. The summed E-state index contributed by atoms with van der Waals surface area (Å²) in [4.78, 5) is 10.9. The second-order valence-electron chi connectivity index (χ2n) is 3.50. The Morgan fingerprint density at radius 1 is 1.40 bits per heavy atom. The Morgan fingerprint density at radius 3 is 2.80 bits per heavy atom. The average Bonchev–Trinajstić information content (AvgIpc) is 1.86. The summed E-state index contributed by atoms with van der Waals surface area (Å²) in [5, 5.41) is 9.21. The standard InChI is InChI=1S/C8H12O2/c9-6-1-2-7-5(3-6)4-8(7)10/h5-7,9H,1-4H2.